The number of aryl methyl sites for hydroxylation is 1. The minimum atomic E-state index is -5.08. The van der Waals surface area contributed by atoms with Crippen LogP contribution in [0.25, 0.3) is 33.3 Å². The van der Waals surface area contributed by atoms with Gasteiger partial charge in [-0.15, -0.1) is 0 Å². The molecule has 2 heterocycles. The molecule has 1 atom stereocenters. The lowest BCUT2D eigenvalue weighted by atomic mass is 9.97. The highest BCUT2D eigenvalue weighted by molar-refractivity contribution is 6.03. The van der Waals surface area contributed by atoms with Gasteiger partial charge in [0.15, 0.2) is 0 Å². The van der Waals surface area contributed by atoms with Crippen LogP contribution in [0.4, 0.5) is 17.6 Å². The number of hydrogen-bond donors (Lipinski definition) is 3. The van der Waals surface area contributed by atoms with Gasteiger partial charge < -0.3 is 15.2 Å². The number of imidazole rings is 1. The first-order valence-electron chi connectivity index (χ1n) is 12.0. The number of benzene rings is 3. The summed E-state index contributed by atoms with van der Waals surface area (Å²) in [6.07, 6.45) is -5.17. The molecule has 5 rings (SSSR count). The molecule has 1 unspecified atom stereocenters. The van der Waals surface area contributed by atoms with Crippen LogP contribution in [0.5, 0.6) is 0 Å². The second kappa shape index (κ2) is 11.2. The van der Waals surface area contributed by atoms with Crippen molar-refractivity contribution in [3.63, 3.8) is 0 Å². The zero-order chi connectivity index (χ0) is 28.3. The van der Waals surface area contributed by atoms with Crippen LogP contribution in [0, 0.1) is 6.92 Å². The third kappa shape index (κ3) is 6.80. The summed E-state index contributed by atoms with van der Waals surface area (Å²) in [4.78, 5) is 30.2. The third-order valence-electron chi connectivity index (χ3n) is 6.28. The van der Waals surface area contributed by atoms with Gasteiger partial charge in [-0.3, -0.25) is 4.90 Å². The molecule has 3 N–H and O–H groups in total. The highest BCUT2D eigenvalue weighted by atomic mass is 19.4. The number of rotatable bonds is 5. The molecule has 7 nitrogen and oxygen atoms in total. The van der Waals surface area contributed by atoms with Crippen molar-refractivity contribution in [1.29, 1.82) is 0 Å². The largest absolute Gasteiger partial charge is 0.490 e. The van der Waals surface area contributed by atoms with Gasteiger partial charge in [-0.1, -0.05) is 42.5 Å². The van der Waals surface area contributed by atoms with Crippen LogP contribution in [-0.4, -0.2) is 62.5 Å². The van der Waals surface area contributed by atoms with Gasteiger partial charge >= 0.3 is 18.1 Å². The van der Waals surface area contributed by atoms with E-state index in [4.69, 9.17) is 9.90 Å². The highest BCUT2D eigenvalue weighted by Gasteiger charge is 2.38. The fourth-order valence-electron chi connectivity index (χ4n) is 4.46. The first kappa shape index (κ1) is 27.8. The van der Waals surface area contributed by atoms with Crippen molar-refractivity contribution in [3.05, 3.63) is 77.6 Å². The Bertz CT molecular complexity index is 1500. The number of hydrogen-bond acceptors (Lipinski definition) is 4. The van der Waals surface area contributed by atoms with Crippen LogP contribution in [0.15, 0.2) is 60.7 Å². The maximum absolute atomic E-state index is 13.5. The SMILES string of the molecule is Cc1nc2c(C(=O)O)cc(-c3ccc(-c4cccc(CN5CCC(F)C5)c4)cc3)cc2[nH]1.O=C(O)C(F)(F)F. The monoisotopic (exact) mass is 543 g/mol. The summed E-state index contributed by atoms with van der Waals surface area (Å²) in [7, 11) is 0. The van der Waals surface area contributed by atoms with E-state index in [9.17, 15) is 27.5 Å². The van der Waals surface area contributed by atoms with Crippen molar-refractivity contribution in [1.82, 2.24) is 14.9 Å². The predicted molar refractivity (Wildman–Crippen MR) is 137 cm³/mol. The predicted octanol–water partition coefficient (Wildman–Crippen LogP) is 6.08. The Morgan fingerprint density at radius 1 is 1.00 bits per heavy atom. The molecule has 1 aliphatic heterocycles. The molecule has 3 aromatic carbocycles. The van der Waals surface area contributed by atoms with E-state index in [0.29, 0.717) is 29.8 Å². The Labute approximate surface area is 220 Å². The number of aromatic amines is 1. The van der Waals surface area contributed by atoms with Gasteiger partial charge in [-0.2, -0.15) is 13.2 Å². The molecule has 0 saturated carbocycles. The molecule has 1 fully saturated rings. The number of nitrogens with one attached hydrogen (secondary N) is 1. The summed E-state index contributed by atoms with van der Waals surface area (Å²) in [5.41, 5.74) is 6.51. The lowest BCUT2D eigenvalue weighted by Gasteiger charge is -2.15. The van der Waals surface area contributed by atoms with Crippen LogP contribution in [-0.2, 0) is 11.3 Å². The Balaban J connectivity index is 0.000000448. The summed E-state index contributed by atoms with van der Waals surface area (Å²) in [6, 6.07) is 20.1. The number of H-pyrrole nitrogens is 1. The van der Waals surface area contributed by atoms with Gasteiger partial charge in [0.25, 0.3) is 0 Å². The summed E-state index contributed by atoms with van der Waals surface area (Å²) >= 11 is 0. The van der Waals surface area contributed by atoms with E-state index in [1.54, 1.807) is 6.07 Å². The van der Waals surface area contributed by atoms with E-state index in [2.05, 4.69) is 33.1 Å². The van der Waals surface area contributed by atoms with E-state index in [1.165, 1.54) is 5.56 Å². The average molecular weight is 544 g/mol. The average Bonchev–Trinajstić information content (AvgIpc) is 3.47. The fraction of sp³-hybridized carbons (Fsp3) is 0.250. The minimum absolute atomic E-state index is 0.191. The first-order valence-corrected chi connectivity index (χ1v) is 12.0. The zero-order valence-electron chi connectivity index (χ0n) is 20.8. The molecule has 1 saturated heterocycles. The van der Waals surface area contributed by atoms with Crippen LogP contribution in [0.1, 0.15) is 28.2 Å². The Morgan fingerprint density at radius 3 is 2.21 bits per heavy atom. The lowest BCUT2D eigenvalue weighted by molar-refractivity contribution is -0.192. The number of carboxylic acid groups (broad SMARTS) is 2. The number of halogens is 4. The van der Waals surface area contributed by atoms with Crippen molar-refractivity contribution >= 4 is 23.0 Å². The number of aromatic carboxylic acids is 1. The standard InChI is InChI=1S/C26H24FN3O2.C2HF3O2/c1-16-28-24-13-21(12-23(26(31)32)25(24)29-16)19-7-5-18(6-8-19)20-4-2-3-17(11-20)14-30-10-9-22(27)15-30;3-2(4,5)1(6)7/h2-8,11-13,22H,9-10,14-15H2,1H3,(H,28,29)(H,31,32);(H,6,7). The summed E-state index contributed by atoms with van der Waals surface area (Å²) in [5.74, 6) is -3.06. The second-order valence-electron chi connectivity index (χ2n) is 9.25. The molecule has 0 radical (unpaired) electrons. The van der Waals surface area contributed by atoms with Crippen molar-refractivity contribution < 1.29 is 37.4 Å². The summed E-state index contributed by atoms with van der Waals surface area (Å²) < 4.78 is 45.2. The molecule has 1 aromatic heterocycles. The molecule has 0 aliphatic carbocycles. The Hall–Kier alpha value is -4.25. The molecule has 11 heteroatoms. The molecule has 39 heavy (non-hydrogen) atoms. The minimum Gasteiger partial charge on any atom is -0.478 e. The summed E-state index contributed by atoms with van der Waals surface area (Å²) in [6.45, 7) is 3.89. The molecule has 0 bridgehead atoms. The zero-order valence-corrected chi connectivity index (χ0v) is 20.8. The molecular formula is C28H25F4N3O4. The van der Waals surface area contributed by atoms with E-state index in [0.717, 1.165) is 35.3 Å². The number of fused-ring (bicyclic) bond motifs is 1. The number of aromatic nitrogens is 2. The topological polar surface area (TPSA) is 107 Å². The van der Waals surface area contributed by atoms with E-state index in [-0.39, 0.29) is 5.56 Å². The van der Waals surface area contributed by atoms with Crippen LogP contribution >= 0.6 is 0 Å². The van der Waals surface area contributed by atoms with Gasteiger partial charge in [0.1, 0.15) is 17.5 Å². The maximum atomic E-state index is 13.5. The quantitative estimate of drug-likeness (QED) is 0.264. The molecule has 1 aliphatic rings. The van der Waals surface area contributed by atoms with E-state index in [1.807, 2.05) is 43.3 Å². The van der Waals surface area contributed by atoms with Gasteiger partial charge in [0, 0.05) is 19.6 Å². The number of carboxylic acids is 2. The lowest BCUT2D eigenvalue weighted by Crippen LogP contribution is -2.21. The number of nitrogens with zero attached hydrogens (tertiary/aromatic N) is 2. The first-order chi connectivity index (χ1) is 18.4. The smallest absolute Gasteiger partial charge is 0.478 e. The Morgan fingerprint density at radius 2 is 1.64 bits per heavy atom. The molecule has 0 amide bonds. The van der Waals surface area contributed by atoms with Crippen molar-refractivity contribution in [2.45, 2.75) is 32.2 Å². The normalized spacial score (nSPS) is 15.7. The number of likely N-dealkylation sites (tertiary alicyclic amines) is 1. The molecular weight excluding hydrogens is 518 g/mol. The number of aliphatic carboxylic acids is 1. The molecule has 0 spiro atoms. The number of carbonyl (C=O) groups is 2. The van der Waals surface area contributed by atoms with E-state index >= 15 is 0 Å². The summed E-state index contributed by atoms with van der Waals surface area (Å²) in [5, 5.41) is 16.7. The van der Waals surface area contributed by atoms with Gasteiger partial charge in [-0.25, -0.2) is 19.0 Å². The Kier molecular flexibility index (Phi) is 8.01. The van der Waals surface area contributed by atoms with Crippen LogP contribution in [0.3, 0.4) is 0 Å². The van der Waals surface area contributed by atoms with Crippen molar-refractivity contribution in [2.24, 2.45) is 0 Å². The van der Waals surface area contributed by atoms with Crippen molar-refractivity contribution in [3.8, 4) is 22.3 Å². The molecule has 204 valence electrons. The fourth-order valence-corrected chi connectivity index (χ4v) is 4.46. The highest BCUT2D eigenvalue weighted by Crippen LogP contribution is 2.30. The molecule has 4 aromatic rings. The second-order valence-corrected chi connectivity index (χ2v) is 9.25. The van der Waals surface area contributed by atoms with Gasteiger partial charge in [0.05, 0.1) is 11.1 Å². The van der Waals surface area contributed by atoms with Crippen LogP contribution < -0.4 is 0 Å². The van der Waals surface area contributed by atoms with Crippen LogP contribution in [0.2, 0.25) is 0 Å². The van der Waals surface area contributed by atoms with E-state index < -0.39 is 24.3 Å². The number of alkyl halides is 4. The van der Waals surface area contributed by atoms with Crippen molar-refractivity contribution in [2.75, 3.05) is 13.1 Å². The third-order valence-corrected chi connectivity index (χ3v) is 6.28. The maximum Gasteiger partial charge on any atom is 0.490 e. The van der Waals surface area contributed by atoms with Gasteiger partial charge in [0.2, 0.25) is 0 Å². The van der Waals surface area contributed by atoms with Gasteiger partial charge in [-0.05, 0) is 59.4 Å².